The monoisotopic (exact) mass is 246 g/mol. The van der Waals surface area contributed by atoms with Gasteiger partial charge in [0.05, 0.1) is 0 Å². The molecule has 0 spiro atoms. The highest BCUT2D eigenvalue weighted by molar-refractivity contribution is 5.83. The molecule has 0 aromatic rings. The first-order valence-electron chi connectivity index (χ1n) is 5.64. The molecule has 100 valence electrons. The van der Waals surface area contributed by atoms with Gasteiger partial charge in [-0.1, -0.05) is 0 Å². The van der Waals surface area contributed by atoms with Crippen LogP contribution in [0.25, 0.3) is 0 Å². The third-order valence-corrected chi connectivity index (χ3v) is 2.06. The number of hydrogen-bond donors (Lipinski definition) is 4. The van der Waals surface area contributed by atoms with Crippen molar-refractivity contribution in [1.29, 1.82) is 0 Å². The number of rotatable bonds is 7. The van der Waals surface area contributed by atoms with Crippen molar-refractivity contribution in [3.8, 4) is 0 Å². The topological polar surface area (TPSA) is 98.7 Å². The maximum absolute atomic E-state index is 11.4. The standard InChI is InChI=1S/C11H22N2O4/c1-11(2,3)12-6-4-9(15)13-8(5-7-14)10(16)17/h8,12,14H,4-7H2,1-3H3,(H,13,15)(H,16,17)/t8-/m0/s1. The predicted octanol–water partition coefficient (Wildman–Crippen LogP) is -0.284. The highest BCUT2D eigenvalue weighted by Gasteiger charge is 2.19. The number of aliphatic hydroxyl groups is 1. The molecule has 0 fully saturated rings. The molecule has 0 saturated carbocycles. The Morgan fingerprint density at radius 3 is 2.29 bits per heavy atom. The maximum atomic E-state index is 11.4. The molecule has 0 bridgehead atoms. The average Bonchev–Trinajstić information content (AvgIpc) is 2.14. The molecule has 4 N–H and O–H groups in total. The second kappa shape index (κ2) is 7.24. The summed E-state index contributed by atoms with van der Waals surface area (Å²) in [5.74, 6) is -1.46. The Hall–Kier alpha value is -1.14. The predicted molar refractivity (Wildman–Crippen MR) is 63.6 cm³/mol. The van der Waals surface area contributed by atoms with Crippen molar-refractivity contribution < 1.29 is 19.8 Å². The van der Waals surface area contributed by atoms with Crippen molar-refractivity contribution in [2.45, 2.75) is 45.2 Å². The molecule has 0 aliphatic heterocycles. The molecule has 0 aromatic heterocycles. The van der Waals surface area contributed by atoms with Gasteiger partial charge in [0.25, 0.3) is 0 Å². The molecule has 1 atom stereocenters. The normalized spacial score (nSPS) is 13.2. The summed E-state index contributed by atoms with van der Waals surface area (Å²) in [7, 11) is 0. The molecule has 0 aromatic carbocycles. The van der Waals surface area contributed by atoms with E-state index in [1.807, 2.05) is 20.8 Å². The van der Waals surface area contributed by atoms with Gasteiger partial charge in [-0.05, 0) is 20.8 Å². The summed E-state index contributed by atoms with van der Waals surface area (Å²) in [5, 5.41) is 22.9. The van der Waals surface area contributed by atoms with Crippen LogP contribution in [-0.2, 0) is 9.59 Å². The first kappa shape index (κ1) is 15.9. The van der Waals surface area contributed by atoms with Crippen LogP contribution in [0, 0.1) is 0 Å². The van der Waals surface area contributed by atoms with E-state index in [1.165, 1.54) is 0 Å². The van der Waals surface area contributed by atoms with Crippen molar-refractivity contribution in [2.75, 3.05) is 13.2 Å². The molecule has 0 rings (SSSR count). The van der Waals surface area contributed by atoms with E-state index in [-0.39, 0.29) is 30.9 Å². The fourth-order valence-electron chi connectivity index (χ4n) is 1.20. The van der Waals surface area contributed by atoms with Crippen LogP contribution in [0.3, 0.4) is 0 Å². The lowest BCUT2D eigenvalue weighted by atomic mass is 10.1. The Balaban J connectivity index is 3.95. The first-order chi connectivity index (χ1) is 7.76. The van der Waals surface area contributed by atoms with Gasteiger partial charge in [0.1, 0.15) is 6.04 Å². The van der Waals surface area contributed by atoms with E-state index in [4.69, 9.17) is 10.2 Å². The van der Waals surface area contributed by atoms with Crippen molar-refractivity contribution in [3.63, 3.8) is 0 Å². The Bertz CT molecular complexity index is 261. The fourth-order valence-corrected chi connectivity index (χ4v) is 1.20. The van der Waals surface area contributed by atoms with Crippen LogP contribution < -0.4 is 10.6 Å². The van der Waals surface area contributed by atoms with E-state index >= 15 is 0 Å². The van der Waals surface area contributed by atoms with Crippen molar-refractivity contribution in [3.05, 3.63) is 0 Å². The summed E-state index contributed by atoms with van der Waals surface area (Å²) in [5.41, 5.74) is -0.0718. The number of carbonyl (C=O) groups is 2. The second-order valence-corrected chi connectivity index (χ2v) is 4.90. The molecular formula is C11H22N2O4. The highest BCUT2D eigenvalue weighted by Crippen LogP contribution is 1.98. The van der Waals surface area contributed by atoms with Crippen LogP contribution in [-0.4, -0.2) is 46.8 Å². The molecule has 0 radical (unpaired) electrons. The zero-order chi connectivity index (χ0) is 13.5. The zero-order valence-corrected chi connectivity index (χ0v) is 10.6. The summed E-state index contributed by atoms with van der Waals surface area (Å²) in [6.07, 6.45) is 0.236. The van der Waals surface area contributed by atoms with Gasteiger partial charge in [0.2, 0.25) is 5.91 Å². The summed E-state index contributed by atoms with van der Waals surface area (Å²) in [6, 6.07) is -1.01. The van der Waals surface area contributed by atoms with E-state index in [9.17, 15) is 9.59 Å². The third-order valence-electron chi connectivity index (χ3n) is 2.06. The number of amides is 1. The molecule has 17 heavy (non-hydrogen) atoms. The summed E-state index contributed by atoms with van der Waals surface area (Å²) < 4.78 is 0. The van der Waals surface area contributed by atoms with Gasteiger partial charge in [0.15, 0.2) is 0 Å². The Morgan fingerprint density at radius 2 is 1.88 bits per heavy atom. The van der Waals surface area contributed by atoms with E-state index in [0.29, 0.717) is 6.54 Å². The maximum Gasteiger partial charge on any atom is 0.326 e. The molecule has 0 heterocycles. The van der Waals surface area contributed by atoms with Crippen LogP contribution in [0.4, 0.5) is 0 Å². The Kier molecular flexibility index (Phi) is 6.75. The van der Waals surface area contributed by atoms with Gasteiger partial charge in [-0.3, -0.25) is 4.79 Å². The summed E-state index contributed by atoms with van der Waals surface area (Å²) in [6.45, 7) is 6.17. The third kappa shape index (κ3) is 8.65. The minimum atomic E-state index is -1.13. The molecule has 6 nitrogen and oxygen atoms in total. The summed E-state index contributed by atoms with van der Waals surface area (Å²) >= 11 is 0. The van der Waals surface area contributed by atoms with E-state index in [1.54, 1.807) is 0 Å². The van der Waals surface area contributed by atoms with Gasteiger partial charge >= 0.3 is 5.97 Å². The van der Waals surface area contributed by atoms with Gasteiger partial charge in [-0.2, -0.15) is 0 Å². The Morgan fingerprint density at radius 1 is 1.29 bits per heavy atom. The number of carboxylic acids is 1. The molecule has 0 saturated heterocycles. The van der Waals surface area contributed by atoms with Gasteiger partial charge in [-0.15, -0.1) is 0 Å². The largest absolute Gasteiger partial charge is 0.480 e. The van der Waals surface area contributed by atoms with Crippen LogP contribution in [0.1, 0.15) is 33.6 Å². The van der Waals surface area contributed by atoms with Crippen molar-refractivity contribution in [1.82, 2.24) is 10.6 Å². The number of carboxylic acid groups (broad SMARTS) is 1. The number of carbonyl (C=O) groups excluding carboxylic acids is 1. The van der Waals surface area contributed by atoms with Gasteiger partial charge < -0.3 is 20.8 Å². The zero-order valence-electron chi connectivity index (χ0n) is 10.6. The van der Waals surface area contributed by atoms with Crippen molar-refractivity contribution >= 4 is 11.9 Å². The van der Waals surface area contributed by atoms with Gasteiger partial charge in [-0.25, -0.2) is 4.79 Å². The minimum Gasteiger partial charge on any atom is -0.480 e. The molecule has 6 heteroatoms. The molecule has 0 aliphatic carbocycles. The molecule has 0 unspecified atom stereocenters. The molecule has 1 amide bonds. The van der Waals surface area contributed by atoms with Crippen LogP contribution >= 0.6 is 0 Å². The minimum absolute atomic E-state index is 0.0216. The fraction of sp³-hybridized carbons (Fsp3) is 0.818. The summed E-state index contributed by atoms with van der Waals surface area (Å²) in [4.78, 5) is 22.1. The van der Waals surface area contributed by atoms with Crippen molar-refractivity contribution in [2.24, 2.45) is 0 Å². The molecule has 0 aliphatic rings. The molecular weight excluding hydrogens is 224 g/mol. The number of nitrogens with one attached hydrogen (secondary N) is 2. The Labute approximate surface area is 101 Å². The first-order valence-corrected chi connectivity index (χ1v) is 5.64. The van der Waals surface area contributed by atoms with Crippen LogP contribution in [0.15, 0.2) is 0 Å². The lowest BCUT2D eigenvalue weighted by molar-refractivity contribution is -0.142. The number of hydrogen-bond acceptors (Lipinski definition) is 4. The van der Waals surface area contributed by atoms with E-state index in [0.717, 1.165) is 0 Å². The average molecular weight is 246 g/mol. The van der Waals surface area contributed by atoms with Gasteiger partial charge in [0, 0.05) is 31.5 Å². The van der Waals surface area contributed by atoms with E-state index in [2.05, 4.69) is 10.6 Å². The van der Waals surface area contributed by atoms with Crippen LogP contribution in [0.5, 0.6) is 0 Å². The SMILES string of the molecule is CC(C)(C)NCCC(=O)N[C@@H](CCO)C(=O)O. The van der Waals surface area contributed by atoms with E-state index < -0.39 is 12.0 Å². The quantitative estimate of drug-likeness (QED) is 0.495. The smallest absolute Gasteiger partial charge is 0.326 e. The van der Waals surface area contributed by atoms with Crippen LogP contribution in [0.2, 0.25) is 0 Å². The lowest BCUT2D eigenvalue weighted by Gasteiger charge is -2.20. The highest BCUT2D eigenvalue weighted by atomic mass is 16.4. The number of aliphatic carboxylic acids is 1. The number of aliphatic hydroxyl groups excluding tert-OH is 1. The second-order valence-electron chi connectivity index (χ2n) is 4.90. The lowest BCUT2D eigenvalue weighted by Crippen LogP contribution is -2.43.